The van der Waals surface area contributed by atoms with Crippen molar-refractivity contribution in [2.75, 3.05) is 54.0 Å². The maximum Gasteiger partial charge on any atom is 0.252 e. The summed E-state index contributed by atoms with van der Waals surface area (Å²) in [5.41, 5.74) is 0. The fourth-order valence-electron chi connectivity index (χ4n) is 2.40. The van der Waals surface area contributed by atoms with Crippen LogP contribution in [0, 0.1) is 0 Å². The first-order valence-electron chi connectivity index (χ1n) is 7.10. The van der Waals surface area contributed by atoms with Gasteiger partial charge in [-0.05, 0) is 26.2 Å². The number of nitrogens with one attached hydrogen (secondary N) is 2. The molecule has 2 rings (SSSR count). The van der Waals surface area contributed by atoms with E-state index in [-0.39, 0.29) is 5.91 Å². The van der Waals surface area contributed by atoms with E-state index >= 15 is 0 Å². The van der Waals surface area contributed by atoms with Gasteiger partial charge in [-0.15, -0.1) is 0 Å². The molecule has 0 spiro atoms. The predicted molar refractivity (Wildman–Crippen MR) is 84.4 cm³/mol. The van der Waals surface area contributed by atoms with E-state index in [0.717, 1.165) is 31.3 Å². The zero-order valence-corrected chi connectivity index (χ0v) is 13.7. The number of aromatic amines is 1. The third-order valence-electron chi connectivity index (χ3n) is 3.69. The number of nitrogens with zero attached hydrogens (tertiary/aromatic N) is 2. The number of carbonyl (C=O) groups is 1. The molecular weight excluding hydrogens is 288 g/mol. The van der Waals surface area contributed by atoms with E-state index in [4.69, 9.17) is 4.74 Å². The minimum atomic E-state index is -0.670. The van der Waals surface area contributed by atoms with Crippen LogP contribution in [0.2, 0.25) is 0 Å². The standard InChI is InChI=1S/C14H24N4O2S/c1-15-13(19)14(17(2)3,21-12-5-4-6-16-12)11-18-7-9-20-10-8-18/h4-6,16H,7-11H2,1-3H3,(H,15,19). The van der Waals surface area contributed by atoms with Crippen LogP contribution >= 0.6 is 11.8 Å². The second kappa shape index (κ2) is 7.31. The zero-order chi connectivity index (χ0) is 15.3. The van der Waals surface area contributed by atoms with Crippen molar-refractivity contribution < 1.29 is 9.53 Å². The van der Waals surface area contributed by atoms with Crippen molar-refractivity contribution in [2.45, 2.75) is 9.90 Å². The molecule has 6 nitrogen and oxygen atoms in total. The summed E-state index contributed by atoms with van der Waals surface area (Å²) in [6.45, 7) is 3.83. The summed E-state index contributed by atoms with van der Waals surface area (Å²) in [5, 5.41) is 3.80. The Hall–Kier alpha value is -1.02. The molecule has 118 valence electrons. The number of hydrogen-bond acceptors (Lipinski definition) is 5. The van der Waals surface area contributed by atoms with Crippen molar-refractivity contribution >= 4 is 17.7 Å². The lowest BCUT2D eigenvalue weighted by Crippen LogP contribution is -2.60. The number of H-pyrrole nitrogens is 1. The van der Waals surface area contributed by atoms with Crippen molar-refractivity contribution in [3.63, 3.8) is 0 Å². The summed E-state index contributed by atoms with van der Waals surface area (Å²) in [4.78, 5) is 19.4. The molecule has 0 radical (unpaired) electrons. The molecule has 1 amide bonds. The van der Waals surface area contributed by atoms with Crippen molar-refractivity contribution in [2.24, 2.45) is 0 Å². The second-order valence-corrected chi connectivity index (χ2v) is 6.60. The normalized spacial score (nSPS) is 19.4. The van der Waals surface area contributed by atoms with E-state index in [2.05, 4.69) is 15.2 Å². The molecule has 0 aliphatic carbocycles. The molecule has 1 saturated heterocycles. The lowest BCUT2D eigenvalue weighted by molar-refractivity contribution is -0.128. The maximum atomic E-state index is 12.6. The third kappa shape index (κ3) is 3.79. The highest BCUT2D eigenvalue weighted by Crippen LogP contribution is 2.35. The number of rotatable bonds is 6. The highest BCUT2D eigenvalue weighted by atomic mass is 32.2. The van der Waals surface area contributed by atoms with Gasteiger partial charge in [0.1, 0.15) is 0 Å². The summed E-state index contributed by atoms with van der Waals surface area (Å²) in [7, 11) is 5.59. The Kier molecular flexibility index (Phi) is 5.69. The first kappa shape index (κ1) is 16.4. The number of likely N-dealkylation sites (N-methyl/N-ethyl adjacent to an activating group) is 2. The van der Waals surface area contributed by atoms with Crippen LogP contribution in [0.3, 0.4) is 0 Å². The van der Waals surface area contributed by atoms with Crippen molar-refractivity contribution in [3.05, 3.63) is 18.3 Å². The van der Waals surface area contributed by atoms with Gasteiger partial charge >= 0.3 is 0 Å². The third-order valence-corrected chi connectivity index (χ3v) is 5.19. The molecule has 7 heteroatoms. The van der Waals surface area contributed by atoms with Gasteiger partial charge in [0.15, 0.2) is 4.87 Å². The van der Waals surface area contributed by atoms with Crippen LogP contribution < -0.4 is 5.32 Å². The Morgan fingerprint density at radius 1 is 1.52 bits per heavy atom. The van der Waals surface area contributed by atoms with Crippen LogP contribution in [0.15, 0.2) is 23.4 Å². The summed E-state index contributed by atoms with van der Waals surface area (Å²) in [6, 6.07) is 3.94. The van der Waals surface area contributed by atoms with Crippen LogP contribution in [0.25, 0.3) is 0 Å². The number of hydrogen-bond donors (Lipinski definition) is 2. The minimum absolute atomic E-state index is 0.0126. The van der Waals surface area contributed by atoms with Crippen molar-refractivity contribution in [1.82, 2.24) is 20.1 Å². The van der Waals surface area contributed by atoms with Crippen LogP contribution in [-0.2, 0) is 9.53 Å². The molecule has 1 aliphatic rings. The molecule has 0 saturated carbocycles. The lowest BCUT2D eigenvalue weighted by atomic mass is 10.2. The molecule has 1 unspecified atom stereocenters. The molecule has 1 aromatic heterocycles. The van der Waals surface area contributed by atoms with E-state index in [9.17, 15) is 4.79 Å². The Balaban J connectivity index is 2.23. The van der Waals surface area contributed by atoms with E-state index in [1.54, 1.807) is 18.8 Å². The molecular formula is C14H24N4O2S. The monoisotopic (exact) mass is 312 g/mol. The summed E-state index contributed by atoms with van der Waals surface area (Å²) in [6.07, 6.45) is 1.88. The van der Waals surface area contributed by atoms with Gasteiger partial charge < -0.3 is 15.0 Å². The van der Waals surface area contributed by atoms with Gasteiger partial charge in [-0.2, -0.15) is 0 Å². The number of ether oxygens (including phenoxy) is 1. The number of carbonyl (C=O) groups excluding carboxylic acids is 1. The Bertz CT molecular complexity index is 446. The maximum absolute atomic E-state index is 12.6. The SMILES string of the molecule is CNC(=O)C(CN1CCOCC1)(Sc1ccc[nH]1)N(C)C. The average Bonchev–Trinajstić information content (AvgIpc) is 2.99. The second-order valence-electron chi connectivity index (χ2n) is 5.28. The van der Waals surface area contributed by atoms with Gasteiger partial charge in [-0.3, -0.25) is 14.6 Å². The predicted octanol–water partition coefficient (Wildman–Crippen LogP) is 0.443. The van der Waals surface area contributed by atoms with Crippen molar-refractivity contribution in [3.8, 4) is 0 Å². The molecule has 1 atom stereocenters. The van der Waals surface area contributed by atoms with Gasteiger partial charge in [0, 0.05) is 32.9 Å². The quantitative estimate of drug-likeness (QED) is 0.590. The average molecular weight is 312 g/mol. The van der Waals surface area contributed by atoms with Gasteiger partial charge in [0.25, 0.3) is 5.91 Å². The molecule has 2 N–H and O–H groups in total. The smallest absolute Gasteiger partial charge is 0.252 e. The molecule has 1 aliphatic heterocycles. The highest BCUT2D eigenvalue weighted by Gasteiger charge is 2.43. The fourth-order valence-corrected chi connectivity index (χ4v) is 3.67. The Morgan fingerprint density at radius 3 is 2.76 bits per heavy atom. The van der Waals surface area contributed by atoms with E-state index in [0.29, 0.717) is 6.54 Å². The zero-order valence-electron chi connectivity index (χ0n) is 12.9. The van der Waals surface area contributed by atoms with E-state index < -0.39 is 4.87 Å². The van der Waals surface area contributed by atoms with E-state index in [1.165, 1.54) is 0 Å². The first-order valence-corrected chi connectivity index (χ1v) is 7.92. The van der Waals surface area contributed by atoms with Crippen molar-refractivity contribution in [1.29, 1.82) is 0 Å². The summed E-state index contributed by atoms with van der Waals surface area (Å²) in [5.74, 6) is 0.0126. The molecule has 2 heterocycles. The Labute approximate surface area is 130 Å². The lowest BCUT2D eigenvalue weighted by Gasteiger charge is -2.41. The van der Waals surface area contributed by atoms with Gasteiger partial charge in [0.2, 0.25) is 0 Å². The van der Waals surface area contributed by atoms with Crippen LogP contribution in [0.5, 0.6) is 0 Å². The topological polar surface area (TPSA) is 60.6 Å². The summed E-state index contributed by atoms with van der Waals surface area (Å²) < 4.78 is 5.40. The number of aromatic nitrogens is 1. The summed E-state index contributed by atoms with van der Waals surface area (Å²) >= 11 is 1.55. The highest BCUT2D eigenvalue weighted by molar-refractivity contribution is 8.01. The molecule has 0 aromatic carbocycles. The van der Waals surface area contributed by atoms with Gasteiger partial charge in [0.05, 0.1) is 18.2 Å². The van der Waals surface area contributed by atoms with Crippen LogP contribution in [0.1, 0.15) is 0 Å². The van der Waals surface area contributed by atoms with Crippen LogP contribution in [0.4, 0.5) is 0 Å². The number of morpholine rings is 1. The fraction of sp³-hybridized carbons (Fsp3) is 0.643. The van der Waals surface area contributed by atoms with Gasteiger partial charge in [-0.1, -0.05) is 11.8 Å². The number of amides is 1. The van der Waals surface area contributed by atoms with E-state index in [1.807, 2.05) is 37.3 Å². The largest absolute Gasteiger partial charge is 0.379 e. The van der Waals surface area contributed by atoms with Gasteiger partial charge in [-0.25, -0.2) is 0 Å². The molecule has 1 aromatic rings. The minimum Gasteiger partial charge on any atom is -0.379 e. The molecule has 21 heavy (non-hydrogen) atoms. The first-order chi connectivity index (χ1) is 10.1. The Morgan fingerprint density at radius 2 is 2.24 bits per heavy atom. The van der Waals surface area contributed by atoms with Crippen LogP contribution in [-0.4, -0.2) is 79.6 Å². The molecule has 0 bridgehead atoms. The molecule has 1 fully saturated rings. The number of thioether (sulfide) groups is 1.